The predicted octanol–water partition coefficient (Wildman–Crippen LogP) is 5.11. The summed E-state index contributed by atoms with van der Waals surface area (Å²) in [5.41, 5.74) is 1.84. The number of esters is 1. The number of urea groups is 1. The fourth-order valence-corrected chi connectivity index (χ4v) is 3.76. The lowest BCUT2D eigenvalue weighted by molar-refractivity contribution is -0.138. The maximum Gasteiger partial charge on any atom is 0.338 e. The average molecular weight is 449 g/mol. The molecule has 0 radical (unpaired) electrons. The Balaban J connectivity index is 2.16. The van der Waals surface area contributed by atoms with Gasteiger partial charge < -0.3 is 20.1 Å². The molecule has 2 aromatic carbocycles. The average Bonchev–Trinajstić information content (AvgIpc) is 2.70. The molecule has 0 saturated heterocycles. The van der Waals surface area contributed by atoms with Crippen LogP contribution in [0.25, 0.3) is 5.70 Å². The molecule has 2 N–H and O–H groups in total. The van der Waals surface area contributed by atoms with Crippen LogP contribution < -0.4 is 15.4 Å². The molecule has 1 aliphatic rings. The lowest BCUT2D eigenvalue weighted by atomic mass is 9.92. The summed E-state index contributed by atoms with van der Waals surface area (Å²) in [4.78, 5) is 25.3. The smallest absolute Gasteiger partial charge is 0.338 e. The van der Waals surface area contributed by atoms with Crippen molar-refractivity contribution >= 4 is 40.9 Å². The van der Waals surface area contributed by atoms with E-state index in [9.17, 15) is 9.59 Å². The summed E-state index contributed by atoms with van der Waals surface area (Å²) < 4.78 is 11.0. The van der Waals surface area contributed by atoms with Crippen molar-refractivity contribution < 1.29 is 19.1 Å². The standard InChI is InChI=1S/C22H22Cl2N2O4/c1-4-29-21(27)17-18(13-8-6-5-7-9-13)25-22(28)26-19(17)14-10-15(23)20(16(24)11-14)30-12(2)3/h5-12,19H,4H2,1-3H3,(H2,25,26,28). The van der Waals surface area contributed by atoms with Crippen LogP contribution in [0.3, 0.4) is 0 Å². The van der Waals surface area contributed by atoms with E-state index in [1.165, 1.54) is 0 Å². The number of nitrogens with one attached hydrogen (secondary N) is 2. The number of halogens is 2. The van der Waals surface area contributed by atoms with Gasteiger partial charge in [0, 0.05) is 0 Å². The Morgan fingerprint density at radius 2 is 1.77 bits per heavy atom. The molecular weight excluding hydrogens is 427 g/mol. The highest BCUT2D eigenvalue weighted by Crippen LogP contribution is 2.40. The van der Waals surface area contributed by atoms with Crippen molar-refractivity contribution in [1.29, 1.82) is 0 Å². The van der Waals surface area contributed by atoms with Crippen LogP contribution in [0.2, 0.25) is 10.0 Å². The van der Waals surface area contributed by atoms with Gasteiger partial charge in [-0.1, -0.05) is 53.5 Å². The molecule has 1 aliphatic heterocycles. The van der Waals surface area contributed by atoms with Gasteiger partial charge in [0.1, 0.15) is 0 Å². The van der Waals surface area contributed by atoms with Gasteiger partial charge in [-0.15, -0.1) is 0 Å². The first-order chi connectivity index (χ1) is 14.3. The van der Waals surface area contributed by atoms with Crippen molar-refractivity contribution in [2.45, 2.75) is 32.9 Å². The molecule has 0 saturated carbocycles. The highest BCUT2D eigenvalue weighted by atomic mass is 35.5. The molecule has 30 heavy (non-hydrogen) atoms. The maximum atomic E-state index is 12.9. The minimum atomic E-state index is -0.809. The zero-order valence-electron chi connectivity index (χ0n) is 16.8. The molecule has 0 fully saturated rings. The van der Waals surface area contributed by atoms with Crippen molar-refractivity contribution in [2.24, 2.45) is 0 Å². The zero-order valence-corrected chi connectivity index (χ0v) is 18.3. The molecule has 1 unspecified atom stereocenters. The Labute approximate surface area is 185 Å². The highest BCUT2D eigenvalue weighted by molar-refractivity contribution is 6.37. The van der Waals surface area contributed by atoms with E-state index in [2.05, 4.69) is 10.6 Å². The third-order valence-corrected chi connectivity index (χ3v) is 4.90. The first kappa shape index (κ1) is 22.0. The summed E-state index contributed by atoms with van der Waals surface area (Å²) in [6, 6.07) is 11.1. The van der Waals surface area contributed by atoms with Gasteiger partial charge in [0.2, 0.25) is 0 Å². The van der Waals surface area contributed by atoms with Crippen LogP contribution in [0.5, 0.6) is 5.75 Å². The molecule has 3 rings (SSSR count). The lowest BCUT2D eigenvalue weighted by Crippen LogP contribution is -2.45. The van der Waals surface area contributed by atoms with E-state index in [0.29, 0.717) is 22.6 Å². The Morgan fingerprint density at radius 3 is 2.33 bits per heavy atom. The Bertz CT molecular complexity index is 967. The van der Waals surface area contributed by atoms with Crippen LogP contribution in [0.1, 0.15) is 37.9 Å². The van der Waals surface area contributed by atoms with Gasteiger partial charge in [0.25, 0.3) is 0 Å². The largest absolute Gasteiger partial charge is 0.488 e. The summed E-state index contributed by atoms with van der Waals surface area (Å²) in [6.45, 7) is 5.63. The Morgan fingerprint density at radius 1 is 1.13 bits per heavy atom. The van der Waals surface area contributed by atoms with Crippen LogP contribution in [-0.2, 0) is 9.53 Å². The summed E-state index contributed by atoms with van der Waals surface area (Å²) in [6.07, 6.45) is -0.121. The van der Waals surface area contributed by atoms with Crippen molar-refractivity contribution in [3.05, 3.63) is 69.2 Å². The molecular formula is C22H22Cl2N2O4. The van der Waals surface area contributed by atoms with Gasteiger partial charge >= 0.3 is 12.0 Å². The quantitative estimate of drug-likeness (QED) is 0.601. The molecule has 1 heterocycles. The number of benzene rings is 2. The monoisotopic (exact) mass is 448 g/mol. The summed E-state index contributed by atoms with van der Waals surface area (Å²) >= 11 is 12.8. The number of carbonyl (C=O) groups is 2. The first-order valence-electron chi connectivity index (χ1n) is 9.51. The summed E-state index contributed by atoms with van der Waals surface area (Å²) in [5.74, 6) is -0.203. The van der Waals surface area contributed by atoms with Crippen molar-refractivity contribution in [2.75, 3.05) is 6.61 Å². The molecule has 2 aromatic rings. The van der Waals surface area contributed by atoms with Gasteiger partial charge in [0.15, 0.2) is 5.75 Å². The number of hydrogen-bond acceptors (Lipinski definition) is 4. The number of amides is 2. The Kier molecular flexibility index (Phi) is 6.90. The van der Waals surface area contributed by atoms with Crippen molar-refractivity contribution in [3.8, 4) is 5.75 Å². The SMILES string of the molecule is CCOC(=O)C1=C(c2ccccc2)NC(=O)NC1c1cc(Cl)c(OC(C)C)c(Cl)c1. The summed E-state index contributed by atoms with van der Waals surface area (Å²) in [7, 11) is 0. The molecule has 0 spiro atoms. The molecule has 2 amide bonds. The number of hydrogen-bond donors (Lipinski definition) is 2. The molecule has 6 nitrogen and oxygen atoms in total. The topological polar surface area (TPSA) is 76.7 Å². The molecule has 1 atom stereocenters. The molecule has 8 heteroatoms. The number of rotatable bonds is 6. The van der Waals surface area contributed by atoms with E-state index < -0.39 is 18.0 Å². The normalized spacial score (nSPS) is 16.2. The lowest BCUT2D eigenvalue weighted by Gasteiger charge is -2.30. The first-order valence-corrected chi connectivity index (χ1v) is 10.3. The van der Waals surface area contributed by atoms with E-state index in [1.54, 1.807) is 31.2 Å². The summed E-state index contributed by atoms with van der Waals surface area (Å²) in [5, 5.41) is 6.06. The highest BCUT2D eigenvalue weighted by Gasteiger charge is 2.35. The van der Waals surface area contributed by atoms with Gasteiger partial charge in [-0.25, -0.2) is 9.59 Å². The predicted molar refractivity (Wildman–Crippen MR) is 117 cm³/mol. The van der Waals surface area contributed by atoms with E-state index in [0.717, 1.165) is 0 Å². The van der Waals surface area contributed by atoms with Crippen molar-refractivity contribution in [1.82, 2.24) is 10.6 Å². The second kappa shape index (κ2) is 9.41. The fourth-order valence-electron chi connectivity index (χ4n) is 3.17. The third kappa shape index (κ3) is 4.71. The second-order valence-corrected chi connectivity index (χ2v) is 7.70. The second-order valence-electron chi connectivity index (χ2n) is 6.89. The van der Waals surface area contributed by atoms with Gasteiger partial charge in [-0.05, 0) is 44.0 Å². The number of carbonyl (C=O) groups excluding carboxylic acids is 2. The maximum absolute atomic E-state index is 12.9. The van der Waals surface area contributed by atoms with Gasteiger partial charge in [-0.2, -0.15) is 0 Å². The fraction of sp³-hybridized carbons (Fsp3) is 0.273. The van der Waals surface area contributed by atoms with Gasteiger partial charge in [-0.3, -0.25) is 0 Å². The molecule has 0 aromatic heterocycles. The van der Waals surface area contributed by atoms with E-state index >= 15 is 0 Å². The van der Waals surface area contributed by atoms with Gasteiger partial charge in [0.05, 0.1) is 40.1 Å². The van der Waals surface area contributed by atoms with Crippen LogP contribution in [0, 0.1) is 0 Å². The minimum Gasteiger partial charge on any atom is -0.488 e. The number of ether oxygens (including phenoxy) is 2. The molecule has 0 aliphatic carbocycles. The van der Waals surface area contributed by atoms with Crippen LogP contribution >= 0.6 is 23.2 Å². The van der Waals surface area contributed by atoms with E-state index in [1.807, 2.05) is 32.0 Å². The van der Waals surface area contributed by atoms with E-state index in [-0.39, 0.29) is 28.3 Å². The van der Waals surface area contributed by atoms with Crippen LogP contribution in [0.15, 0.2) is 48.0 Å². The zero-order chi connectivity index (χ0) is 21.8. The molecule has 0 bridgehead atoms. The van der Waals surface area contributed by atoms with Crippen LogP contribution in [0.4, 0.5) is 4.79 Å². The molecule has 158 valence electrons. The van der Waals surface area contributed by atoms with E-state index in [4.69, 9.17) is 32.7 Å². The van der Waals surface area contributed by atoms with Crippen molar-refractivity contribution in [3.63, 3.8) is 0 Å². The minimum absolute atomic E-state index is 0.121. The third-order valence-electron chi connectivity index (χ3n) is 4.34. The van der Waals surface area contributed by atoms with Crippen LogP contribution in [-0.4, -0.2) is 24.7 Å². The Hall–Kier alpha value is -2.70.